The van der Waals surface area contributed by atoms with Crippen LogP contribution in [0.2, 0.25) is 0 Å². The molecule has 0 atom stereocenters. The van der Waals surface area contributed by atoms with Crippen molar-refractivity contribution in [2.24, 2.45) is 0 Å². The molecule has 5 heteroatoms. The fraction of sp³-hybridized carbons (Fsp3) is 0.0909. The molecule has 1 aromatic heterocycles. The molecule has 1 N–H and O–H groups in total. The van der Waals surface area contributed by atoms with Crippen molar-refractivity contribution in [2.45, 2.75) is 9.79 Å². The van der Waals surface area contributed by atoms with E-state index in [0.29, 0.717) is 5.88 Å². The highest BCUT2D eigenvalue weighted by Crippen LogP contribution is 2.43. The maximum absolute atomic E-state index is 5.05. The van der Waals surface area contributed by atoms with Crippen LogP contribution in [0.5, 0.6) is 5.88 Å². The number of hydrogen-bond acceptors (Lipinski definition) is 5. The predicted molar refractivity (Wildman–Crippen MR) is 62.4 cm³/mol. The fourth-order valence-electron chi connectivity index (χ4n) is 1.53. The van der Waals surface area contributed by atoms with Crippen LogP contribution in [-0.4, -0.2) is 17.3 Å². The molecule has 2 heterocycles. The molecule has 0 fully saturated rings. The largest absolute Gasteiger partial charge is 0.480 e. The summed E-state index contributed by atoms with van der Waals surface area (Å²) < 4.78 is 5.05. The Morgan fingerprint density at radius 1 is 1.19 bits per heavy atom. The lowest BCUT2D eigenvalue weighted by atomic mass is 10.3. The molecular weight excluding hydrogens is 222 g/mol. The Morgan fingerprint density at radius 2 is 2.06 bits per heavy atom. The Labute approximate surface area is 97.0 Å². The number of para-hydroxylation sites is 1. The molecule has 0 aliphatic carbocycles. The minimum atomic E-state index is 0.535. The van der Waals surface area contributed by atoms with Crippen molar-refractivity contribution in [3.63, 3.8) is 0 Å². The smallest absolute Gasteiger partial charge is 0.234 e. The number of fused-ring (bicyclic) bond motifs is 2. The summed E-state index contributed by atoms with van der Waals surface area (Å²) >= 11 is 1.67. The molecule has 0 saturated carbocycles. The van der Waals surface area contributed by atoms with Crippen molar-refractivity contribution in [1.29, 1.82) is 0 Å². The van der Waals surface area contributed by atoms with E-state index in [9.17, 15) is 0 Å². The molecule has 0 unspecified atom stereocenters. The number of benzene rings is 1. The second-order valence-electron chi connectivity index (χ2n) is 3.32. The Kier molecular flexibility index (Phi) is 2.18. The highest BCUT2D eigenvalue weighted by Gasteiger charge is 2.17. The van der Waals surface area contributed by atoms with Crippen LogP contribution in [0, 0.1) is 0 Å². The summed E-state index contributed by atoms with van der Waals surface area (Å²) in [6.45, 7) is 0. The summed E-state index contributed by atoms with van der Waals surface area (Å²) in [5.41, 5.74) is 1.07. The molecule has 3 rings (SSSR count). The molecule has 1 aliphatic heterocycles. The molecule has 0 bridgehead atoms. The molecule has 0 radical (unpaired) electrons. The van der Waals surface area contributed by atoms with E-state index in [1.165, 1.54) is 4.90 Å². The fourth-order valence-corrected chi connectivity index (χ4v) is 2.49. The van der Waals surface area contributed by atoms with E-state index < -0.39 is 0 Å². The molecule has 16 heavy (non-hydrogen) atoms. The lowest BCUT2D eigenvalue weighted by Crippen LogP contribution is -2.04. The van der Waals surface area contributed by atoms with E-state index in [4.69, 9.17) is 4.74 Å². The number of nitrogens with zero attached hydrogens (tertiary/aromatic N) is 2. The first-order valence-corrected chi connectivity index (χ1v) is 5.64. The van der Waals surface area contributed by atoms with Gasteiger partial charge in [0.1, 0.15) is 0 Å². The zero-order valence-corrected chi connectivity index (χ0v) is 9.41. The molecule has 1 aliphatic rings. The quantitative estimate of drug-likeness (QED) is 0.697. The number of ether oxygens (including phenoxy) is 1. The molecule has 0 amide bonds. The summed E-state index contributed by atoms with van der Waals surface area (Å²) in [6.07, 6.45) is 0. The molecule has 0 saturated heterocycles. The highest BCUT2D eigenvalue weighted by molar-refractivity contribution is 7.99. The van der Waals surface area contributed by atoms with Crippen LogP contribution in [-0.2, 0) is 0 Å². The summed E-state index contributed by atoms with van der Waals surface area (Å²) in [6, 6.07) is 9.99. The Bertz CT molecular complexity index is 545. The van der Waals surface area contributed by atoms with Gasteiger partial charge in [-0.05, 0) is 12.1 Å². The van der Waals surface area contributed by atoms with Crippen LogP contribution in [0.15, 0.2) is 40.1 Å². The van der Waals surface area contributed by atoms with Crippen LogP contribution in [0.4, 0.5) is 11.5 Å². The van der Waals surface area contributed by atoms with Crippen molar-refractivity contribution < 1.29 is 4.74 Å². The number of methoxy groups -OCH3 is 1. The van der Waals surface area contributed by atoms with Crippen LogP contribution in [0.3, 0.4) is 0 Å². The second-order valence-corrected chi connectivity index (χ2v) is 4.41. The minimum Gasteiger partial charge on any atom is -0.480 e. The van der Waals surface area contributed by atoms with Crippen LogP contribution < -0.4 is 10.1 Å². The van der Waals surface area contributed by atoms with Gasteiger partial charge >= 0.3 is 0 Å². The van der Waals surface area contributed by atoms with Crippen molar-refractivity contribution >= 4 is 23.3 Å². The van der Waals surface area contributed by atoms with Crippen molar-refractivity contribution in [1.82, 2.24) is 10.2 Å². The topological polar surface area (TPSA) is 47.0 Å². The van der Waals surface area contributed by atoms with Gasteiger partial charge in [0, 0.05) is 11.0 Å². The van der Waals surface area contributed by atoms with Gasteiger partial charge in [-0.3, -0.25) is 0 Å². The van der Waals surface area contributed by atoms with Gasteiger partial charge in [-0.1, -0.05) is 23.9 Å². The van der Waals surface area contributed by atoms with Gasteiger partial charge in [-0.15, -0.1) is 10.2 Å². The van der Waals surface area contributed by atoms with E-state index in [1.54, 1.807) is 18.9 Å². The van der Waals surface area contributed by atoms with Gasteiger partial charge in [0.25, 0.3) is 0 Å². The van der Waals surface area contributed by atoms with Crippen LogP contribution >= 0.6 is 11.8 Å². The predicted octanol–water partition coefficient (Wildman–Crippen LogP) is 2.69. The average Bonchev–Trinajstić information content (AvgIpc) is 2.35. The first-order valence-electron chi connectivity index (χ1n) is 4.82. The number of hydrogen-bond donors (Lipinski definition) is 1. The summed E-state index contributed by atoms with van der Waals surface area (Å²) in [5, 5.41) is 11.3. The Balaban J connectivity index is 2.05. The summed E-state index contributed by atoms with van der Waals surface area (Å²) in [7, 11) is 1.59. The van der Waals surface area contributed by atoms with Crippen molar-refractivity contribution in [3.05, 3.63) is 30.3 Å². The van der Waals surface area contributed by atoms with Crippen molar-refractivity contribution in [3.8, 4) is 5.88 Å². The lowest BCUT2D eigenvalue weighted by Gasteiger charge is -2.18. The zero-order chi connectivity index (χ0) is 11.0. The monoisotopic (exact) mass is 231 g/mol. The number of aromatic nitrogens is 2. The highest BCUT2D eigenvalue weighted by atomic mass is 32.2. The number of nitrogens with one attached hydrogen (secondary N) is 1. The van der Waals surface area contributed by atoms with Gasteiger partial charge in [0.05, 0.1) is 17.7 Å². The molecule has 4 nitrogen and oxygen atoms in total. The maximum Gasteiger partial charge on any atom is 0.234 e. The average molecular weight is 231 g/mol. The zero-order valence-electron chi connectivity index (χ0n) is 8.60. The third kappa shape index (κ3) is 1.49. The summed E-state index contributed by atoms with van der Waals surface area (Å²) in [5.74, 6) is 1.32. The van der Waals surface area contributed by atoms with E-state index in [1.807, 2.05) is 24.3 Å². The number of anilines is 2. The van der Waals surface area contributed by atoms with Crippen molar-refractivity contribution in [2.75, 3.05) is 12.4 Å². The lowest BCUT2D eigenvalue weighted by molar-refractivity contribution is 0.390. The molecule has 80 valence electrons. The first kappa shape index (κ1) is 9.47. The Hall–Kier alpha value is -1.75. The number of rotatable bonds is 1. The molecule has 0 spiro atoms. The molecular formula is C11H9N3OS. The Morgan fingerprint density at radius 3 is 2.94 bits per heavy atom. The SMILES string of the molecule is COc1cc2c(nn1)Nc1ccccc1S2. The third-order valence-electron chi connectivity index (χ3n) is 2.31. The third-order valence-corrected chi connectivity index (χ3v) is 3.41. The van der Waals surface area contributed by atoms with Gasteiger partial charge in [-0.2, -0.15) is 0 Å². The van der Waals surface area contributed by atoms with Gasteiger partial charge < -0.3 is 10.1 Å². The second kappa shape index (κ2) is 3.68. The van der Waals surface area contributed by atoms with E-state index in [0.717, 1.165) is 16.4 Å². The standard InChI is InChI=1S/C11H9N3OS/c1-15-10-6-9-11(14-13-10)12-7-4-2-3-5-8(7)16-9/h2-6H,1H3,(H,12,14). The normalized spacial score (nSPS) is 12.3. The van der Waals surface area contributed by atoms with E-state index in [-0.39, 0.29) is 0 Å². The van der Waals surface area contributed by atoms with Gasteiger partial charge in [0.15, 0.2) is 5.82 Å². The minimum absolute atomic E-state index is 0.535. The van der Waals surface area contributed by atoms with E-state index in [2.05, 4.69) is 21.6 Å². The van der Waals surface area contributed by atoms with Gasteiger partial charge in [-0.25, -0.2) is 0 Å². The van der Waals surface area contributed by atoms with Gasteiger partial charge in [0.2, 0.25) is 5.88 Å². The molecule has 1 aromatic carbocycles. The summed E-state index contributed by atoms with van der Waals surface area (Å²) in [4.78, 5) is 2.22. The van der Waals surface area contributed by atoms with E-state index >= 15 is 0 Å². The van der Waals surface area contributed by atoms with Crippen LogP contribution in [0.1, 0.15) is 0 Å². The maximum atomic E-state index is 5.05. The first-order chi connectivity index (χ1) is 7.86. The molecule has 2 aromatic rings. The van der Waals surface area contributed by atoms with Crippen LogP contribution in [0.25, 0.3) is 0 Å².